The van der Waals surface area contributed by atoms with Crippen molar-refractivity contribution < 1.29 is 18.8 Å². The second-order valence-electron chi connectivity index (χ2n) is 5.71. The summed E-state index contributed by atoms with van der Waals surface area (Å²) in [5.74, 6) is 1.24. The van der Waals surface area contributed by atoms with E-state index in [1.807, 2.05) is 0 Å². The molecule has 1 N–H and O–H groups in total. The van der Waals surface area contributed by atoms with Gasteiger partial charge in [0.1, 0.15) is 17.3 Å². The molecule has 0 amide bonds. The highest BCUT2D eigenvalue weighted by atomic mass is 19.1. The number of rotatable bonds is 5. The van der Waals surface area contributed by atoms with Crippen molar-refractivity contribution in [2.24, 2.45) is 0 Å². The van der Waals surface area contributed by atoms with Gasteiger partial charge in [0.25, 0.3) is 5.89 Å². The smallest absolute Gasteiger partial charge is 0.250 e. The van der Waals surface area contributed by atoms with Crippen molar-refractivity contribution in [3.05, 3.63) is 78.3 Å². The summed E-state index contributed by atoms with van der Waals surface area (Å²) in [4.78, 5) is 12.4. The first-order chi connectivity index (χ1) is 13.7. The van der Waals surface area contributed by atoms with E-state index in [0.29, 0.717) is 34.5 Å². The Hall–Kier alpha value is -4.07. The Kier molecular flexibility index (Phi) is 4.75. The molecule has 8 heteroatoms. The fourth-order valence-corrected chi connectivity index (χ4v) is 2.32. The predicted molar refractivity (Wildman–Crippen MR) is 98.8 cm³/mol. The van der Waals surface area contributed by atoms with Gasteiger partial charge in [0.05, 0.1) is 6.20 Å². The van der Waals surface area contributed by atoms with Crippen LogP contribution in [0.3, 0.4) is 0 Å². The van der Waals surface area contributed by atoms with Crippen LogP contribution in [0.1, 0.15) is 11.5 Å². The number of halogens is 1. The van der Waals surface area contributed by atoms with Crippen molar-refractivity contribution in [3.63, 3.8) is 0 Å². The van der Waals surface area contributed by atoms with E-state index in [4.69, 9.17) is 9.26 Å². The molecule has 0 aliphatic carbocycles. The minimum Gasteiger partial charge on any atom is -0.506 e. The minimum absolute atomic E-state index is 0.0717. The van der Waals surface area contributed by atoms with Crippen LogP contribution in [0.15, 0.2) is 65.6 Å². The number of benzene rings is 1. The molecule has 0 unspecified atom stereocenters. The third-order valence-electron chi connectivity index (χ3n) is 3.64. The molecular weight excluding hydrogens is 363 g/mol. The van der Waals surface area contributed by atoms with Crippen LogP contribution in [-0.2, 0) is 0 Å². The fourth-order valence-electron chi connectivity index (χ4n) is 2.32. The molecule has 1 aromatic carbocycles. The lowest BCUT2D eigenvalue weighted by Gasteiger charge is -2.04. The highest BCUT2D eigenvalue weighted by molar-refractivity contribution is 5.67. The number of aromatic hydroxyl groups is 1. The standard InChI is InChI=1S/C20H13FN4O3/c21-15-3-5-17(6-4-15)27-18-8-2-14(11-23-18)20-24-19(28-25-20)7-1-13-9-16(26)12-22-10-13/h1-12,26H. The van der Waals surface area contributed by atoms with Gasteiger partial charge in [-0.15, -0.1) is 0 Å². The van der Waals surface area contributed by atoms with Gasteiger partial charge in [-0.25, -0.2) is 9.37 Å². The van der Waals surface area contributed by atoms with Gasteiger partial charge in [-0.1, -0.05) is 5.16 Å². The Morgan fingerprint density at radius 1 is 1.00 bits per heavy atom. The summed E-state index contributed by atoms with van der Waals surface area (Å²) >= 11 is 0. The van der Waals surface area contributed by atoms with E-state index in [1.165, 1.54) is 30.5 Å². The Morgan fingerprint density at radius 3 is 2.61 bits per heavy atom. The van der Waals surface area contributed by atoms with Crippen LogP contribution in [0, 0.1) is 5.82 Å². The van der Waals surface area contributed by atoms with Gasteiger partial charge >= 0.3 is 0 Å². The molecule has 3 heterocycles. The van der Waals surface area contributed by atoms with Gasteiger partial charge in [-0.3, -0.25) is 4.98 Å². The van der Waals surface area contributed by atoms with Crippen molar-refractivity contribution in [3.8, 4) is 28.8 Å². The Labute approximate surface area is 158 Å². The minimum atomic E-state index is -0.335. The molecule has 0 aliphatic rings. The van der Waals surface area contributed by atoms with Crippen LogP contribution in [0.4, 0.5) is 4.39 Å². The van der Waals surface area contributed by atoms with Crippen LogP contribution in [0.5, 0.6) is 17.4 Å². The Bertz CT molecular complexity index is 1110. The Morgan fingerprint density at radius 2 is 1.86 bits per heavy atom. The maximum absolute atomic E-state index is 12.9. The number of nitrogens with zero attached hydrogens (tertiary/aromatic N) is 4. The second kappa shape index (κ2) is 7.67. The molecule has 0 spiro atoms. The van der Waals surface area contributed by atoms with Crippen LogP contribution >= 0.6 is 0 Å². The van der Waals surface area contributed by atoms with E-state index in [1.54, 1.807) is 42.7 Å². The predicted octanol–water partition coefficient (Wildman–Crippen LogP) is 4.33. The number of hydrogen-bond acceptors (Lipinski definition) is 7. The van der Waals surface area contributed by atoms with Gasteiger partial charge in [-0.2, -0.15) is 4.98 Å². The van der Waals surface area contributed by atoms with E-state index in [0.717, 1.165) is 0 Å². The molecule has 3 aromatic heterocycles. The van der Waals surface area contributed by atoms with Crippen LogP contribution in [0.2, 0.25) is 0 Å². The molecule has 7 nitrogen and oxygen atoms in total. The zero-order valence-electron chi connectivity index (χ0n) is 14.4. The lowest BCUT2D eigenvalue weighted by Crippen LogP contribution is -1.89. The normalized spacial score (nSPS) is 11.0. The van der Waals surface area contributed by atoms with Crippen molar-refractivity contribution in [1.29, 1.82) is 0 Å². The number of pyridine rings is 2. The van der Waals surface area contributed by atoms with Crippen molar-refractivity contribution >= 4 is 12.2 Å². The summed E-state index contributed by atoms with van der Waals surface area (Å²) in [7, 11) is 0. The molecule has 4 aromatic rings. The molecule has 0 saturated heterocycles. The lowest BCUT2D eigenvalue weighted by atomic mass is 10.2. The van der Waals surface area contributed by atoms with Crippen LogP contribution in [0.25, 0.3) is 23.5 Å². The topological polar surface area (TPSA) is 94.2 Å². The third-order valence-corrected chi connectivity index (χ3v) is 3.64. The summed E-state index contributed by atoms with van der Waals surface area (Å²) in [5, 5.41) is 13.3. The molecular formula is C20H13FN4O3. The molecule has 0 radical (unpaired) electrons. The number of hydrogen-bond donors (Lipinski definition) is 1. The van der Waals surface area contributed by atoms with E-state index >= 15 is 0 Å². The van der Waals surface area contributed by atoms with E-state index in [9.17, 15) is 9.50 Å². The van der Waals surface area contributed by atoms with Gasteiger partial charge < -0.3 is 14.4 Å². The van der Waals surface area contributed by atoms with Crippen LogP contribution < -0.4 is 4.74 Å². The maximum atomic E-state index is 12.9. The molecule has 0 bridgehead atoms. The van der Waals surface area contributed by atoms with E-state index in [-0.39, 0.29) is 11.6 Å². The molecule has 0 aliphatic heterocycles. The highest BCUT2D eigenvalue weighted by Crippen LogP contribution is 2.22. The average molecular weight is 376 g/mol. The largest absolute Gasteiger partial charge is 0.506 e. The number of aromatic nitrogens is 4. The van der Waals surface area contributed by atoms with Gasteiger partial charge in [-0.05, 0) is 48.0 Å². The summed E-state index contributed by atoms with van der Waals surface area (Å²) < 4.78 is 23.7. The molecule has 4 rings (SSSR count). The molecule has 0 fully saturated rings. The second-order valence-corrected chi connectivity index (χ2v) is 5.71. The van der Waals surface area contributed by atoms with Crippen molar-refractivity contribution in [2.45, 2.75) is 0 Å². The third kappa shape index (κ3) is 4.18. The van der Waals surface area contributed by atoms with Crippen molar-refractivity contribution in [2.75, 3.05) is 0 Å². The first-order valence-electron chi connectivity index (χ1n) is 8.21. The van der Waals surface area contributed by atoms with Gasteiger partial charge in [0.15, 0.2) is 0 Å². The van der Waals surface area contributed by atoms with Gasteiger partial charge in [0, 0.05) is 30.1 Å². The molecule has 0 saturated carbocycles. The van der Waals surface area contributed by atoms with Crippen LogP contribution in [-0.4, -0.2) is 25.2 Å². The lowest BCUT2D eigenvalue weighted by molar-refractivity contribution is 0.411. The summed E-state index contributed by atoms with van der Waals surface area (Å²) in [5.41, 5.74) is 1.34. The summed E-state index contributed by atoms with van der Waals surface area (Å²) in [6, 6.07) is 10.6. The average Bonchev–Trinajstić information content (AvgIpc) is 3.18. The summed E-state index contributed by atoms with van der Waals surface area (Å²) in [6.45, 7) is 0. The molecule has 28 heavy (non-hydrogen) atoms. The summed E-state index contributed by atoms with van der Waals surface area (Å²) in [6.07, 6.45) is 7.81. The first-order valence-corrected chi connectivity index (χ1v) is 8.21. The maximum Gasteiger partial charge on any atom is 0.250 e. The molecule has 0 atom stereocenters. The van der Waals surface area contributed by atoms with Crippen molar-refractivity contribution in [1.82, 2.24) is 20.1 Å². The number of ether oxygens (including phenoxy) is 1. The van der Waals surface area contributed by atoms with E-state index in [2.05, 4.69) is 20.1 Å². The van der Waals surface area contributed by atoms with Gasteiger partial charge in [0.2, 0.25) is 11.7 Å². The monoisotopic (exact) mass is 376 g/mol. The quantitative estimate of drug-likeness (QED) is 0.554. The van der Waals surface area contributed by atoms with E-state index < -0.39 is 0 Å². The Balaban J connectivity index is 1.45. The fraction of sp³-hybridized carbons (Fsp3) is 0. The highest BCUT2D eigenvalue weighted by Gasteiger charge is 2.08. The molecule has 138 valence electrons. The first kappa shape index (κ1) is 17.3. The zero-order chi connectivity index (χ0) is 19.3. The zero-order valence-corrected chi connectivity index (χ0v) is 14.4. The SMILES string of the molecule is Oc1cncc(C=Cc2nc(-c3ccc(Oc4ccc(F)cc4)nc3)no2)c1.